The zero-order chi connectivity index (χ0) is 11.9. The van der Waals surface area contributed by atoms with Crippen molar-refractivity contribution in [3.05, 3.63) is 11.7 Å². The maximum absolute atomic E-state index is 5.66. The van der Waals surface area contributed by atoms with Crippen molar-refractivity contribution in [3.63, 3.8) is 0 Å². The summed E-state index contributed by atoms with van der Waals surface area (Å²) in [6.45, 7) is 4.81. The third kappa shape index (κ3) is 4.09. The largest absolute Gasteiger partial charge is 0.378 e. The van der Waals surface area contributed by atoms with Crippen LogP contribution in [0.5, 0.6) is 0 Å². The second-order valence-electron chi connectivity index (χ2n) is 4.40. The van der Waals surface area contributed by atoms with Gasteiger partial charge in [-0.1, -0.05) is 12.1 Å². The minimum Gasteiger partial charge on any atom is -0.378 e. The zero-order valence-corrected chi connectivity index (χ0v) is 10.4. The Morgan fingerprint density at radius 1 is 1.41 bits per heavy atom. The van der Waals surface area contributed by atoms with Gasteiger partial charge in [0, 0.05) is 26.0 Å². The lowest BCUT2D eigenvalue weighted by atomic mass is 10.1. The Balaban J connectivity index is 1.76. The molecule has 1 aliphatic rings. The first kappa shape index (κ1) is 12.5. The summed E-state index contributed by atoms with van der Waals surface area (Å²) in [5.41, 5.74) is 0. The fourth-order valence-electron chi connectivity index (χ4n) is 2.02. The number of nitrogens with zero attached hydrogens (tertiary/aromatic N) is 2. The summed E-state index contributed by atoms with van der Waals surface area (Å²) in [5.74, 6) is 1.50. The predicted octanol–water partition coefficient (Wildman–Crippen LogP) is 1.33. The fourth-order valence-corrected chi connectivity index (χ4v) is 2.02. The molecule has 1 fully saturated rings. The lowest BCUT2D eigenvalue weighted by Crippen LogP contribution is -2.21. The van der Waals surface area contributed by atoms with E-state index in [0.29, 0.717) is 0 Å². The van der Waals surface area contributed by atoms with Gasteiger partial charge in [0.05, 0.1) is 6.10 Å². The molecular weight excluding hydrogens is 218 g/mol. The van der Waals surface area contributed by atoms with Crippen molar-refractivity contribution in [2.75, 3.05) is 19.7 Å². The maximum atomic E-state index is 5.66. The van der Waals surface area contributed by atoms with Crippen molar-refractivity contribution < 1.29 is 9.26 Å². The summed E-state index contributed by atoms with van der Waals surface area (Å²) >= 11 is 0. The van der Waals surface area contributed by atoms with Crippen LogP contribution in [0.2, 0.25) is 0 Å². The Hall–Kier alpha value is -0.940. The lowest BCUT2D eigenvalue weighted by Gasteiger charge is -2.20. The summed E-state index contributed by atoms with van der Waals surface area (Å²) in [6.07, 6.45) is 5.40. The van der Waals surface area contributed by atoms with E-state index in [4.69, 9.17) is 9.26 Å². The number of hydrogen-bond acceptors (Lipinski definition) is 5. The number of aromatic nitrogens is 2. The van der Waals surface area contributed by atoms with Crippen LogP contribution in [0.1, 0.15) is 37.9 Å². The molecule has 0 amide bonds. The SMILES string of the molecule is CCNCCc1nc(CC2CCCCO2)no1. The molecule has 0 aliphatic carbocycles. The van der Waals surface area contributed by atoms with Gasteiger partial charge in [-0.05, 0) is 25.8 Å². The van der Waals surface area contributed by atoms with Crippen LogP contribution in [-0.2, 0) is 17.6 Å². The smallest absolute Gasteiger partial charge is 0.227 e. The van der Waals surface area contributed by atoms with Crippen molar-refractivity contribution in [3.8, 4) is 0 Å². The van der Waals surface area contributed by atoms with Gasteiger partial charge in [-0.15, -0.1) is 0 Å². The van der Waals surface area contributed by atoms with Crippen LogP contribution in [0.4, 0.5) is 0 Å². The summed E-state index contributed by atoms with van der Waals surface area (Å²) in [4.78, 5) is 4.38. The molecule has 5 nitrogen and oxygen atoms in total. The van der Waals surface area contributed by atoms with Gasteiger partial charge in [-0.25, -0.2) is 0 Å². The lowest BCUT2D eigenvalue weighted by molar-refractivity contribution is 0.0153. The fraction of sp³-hybridized carbons (Fsp3) is 0.833. The second-order valence-corrected chi connectivity index (χ2v) is 4.40. The van der Waals surface area contributed by atoms with Gasteiger partial charge in [0.2, 0.25) is 5.89 Å². The van der Waals surface area contributed by atoms with E-state index in [1.54, 1.807) is 0 Å². The topological polar surface area (TPSA) is 60.2 Å². The summed E-state index contributed by atoms with van der Waals surface area (Å²) in [7, 11) is 0. The van der Waals surface area contributed by atoms with E-state index in [1.807, 2.05) is 0 Å². The normalized spacial score (nSPS) is 20.6. The highest BCUT2D eigenvalue weighted by molar-refractivity contribution is 4.90. The molecule has 17 heavy (non-hydrogen) atoms. The average Bonchev–Trinajstić information content (AvgIpc) is 2.79. The predicted molar refractivity (Wildman–Crippen MR) is 63.8 cm³/mol. The van der Waals surface area contributed by atoms with Crippen LogP contribution in [-0.4, -0.2) is 35.9 Å². The molecule has 5 heteroatoms. The van der Waals surface area contributed by atoms with Gasteiger partial charge in [-0.3, -0.25) is 0 Å². The Kier molecular flexibility index (Phi) is 4.94. The molecule has 1 aromatic heterocycles. The van der Waals surface area contributed by atoms with Crippen LogP contribution in [0.25, 0.3) is 0 Å². The number of hydrogen-bond donors (Lipinski definition) is 1. The first-order valence-electron chi connectivity index (χ1n) is 6.52. The molecule has 1 N–H and O–H groups in total. The van der Waals surface area contributed by atoms with Crippen molar-refractivity contribution in [1.82, 2.24) is 15.5 Å². The molecule has 1 aromatic rings. The van der Waals surface area contributed by atoms with E-state index in [0.717, 1.165) is 50.7 Å². The number of rotatable bonds is 6. The van der Waals surface area contributed by atoms with Crippen LogP contribution >= 0.6 is 0 Å². The molecule has 96 valence electrons. The number of nitrogens with one attached hydrogen (secondary N) is 1. The molecule has 0 spiro atoms. The van der Waals surface area contributed by atoms with Gasteiger partial charge < -0.3 is 14.6 Å². The highest BCUT2D eigenvalue weighted by Gasteiger charge is 2.17. The molecule has 1 atom stereocenters. The summed E-state index contributed by atoms with van der Waals surface area (Å²) in [5, 5.41) is 7.23. The van der Waals surface area contributed by atoms with Gasteiger partial charge in [0.25, 0.3) is 0 Å². The van der Waals surface area contributed by atoms with E-state index in [2.05, 4.69) is 22.4 Å². The minimum absolute atomic E-state index is 0.281. The molecule has 1 aliphatic heterocycles. The van der Waals surface area contributed by atoms with Gasteiger partial charge in [-0.2, -0.15) is 4.98 Å². The monoisotopic (exact) mass is 239 g/mol. The van der Waals surface area contributed by atoms with Gasteiger partial charge in [0.15, 0.2) is 5.82 Å². The van der Waals surface area contributed by atoms with Crippen LogP contribution < -0.4 is 5.32 Å². The molecule has 2 heterocycles. The van der Waals surface area contributed by atoms with E-state index in [9.17, 15) is 0 Å². The molecule has 0 aromatic carbocycles. The highest BCUT2D eigenvalue weighted by Crippen LogP contribution is 2.15. The Morgan fingerprint density at radius 2 is 2.35 bits per heavy atom. The molecule has 0 saturated carbocycles. The highest BCUT2D eigenvalue weighted by atomic mass is 16.5. The van der Waals surface area contributed by atoms with E-state index < -0.39 is 0 Å². The third-order valence-corrected chi connectivity index (χ3v) is 2.96. The van der Waals surface area contributed by atoms with Crippen molar-refractivity contribution in [2.45, 2.75) is 45.1 Å². The van der Waals surface area contributed by atoms with Crippen molar-refractivity contribution in [1.29, 1.82) is 0 Å². The minimum atomic E-state index is 0.281. The third-order valence-electron chi connectivity index (χ3n) is 2.96. The molecule has 0 bridgehead atoms. The first-order valence-corrected chi connectivity index (χ1v) is 6.52. The number of ether oxygens (including phenoxy) is 1. The standard InChI is InChI=1S/C12H21N3O2/c1-2-13-7-6-12-14-11(15-17-12)9-10-5-3-4-8-16-10/h10,13H,2-9H2,1H3. The van der Waals surface area contributed by atoms with E-state index in [1.165, 1.54) is 12.8 Å². The molecule has 1 saturated heterocycles. The van der Waals surface area contributed by atoms with Crippen LogP contribution in [0, 0.1) is 0 Å². The van der Waals surface area contributed by atoms with Gasteiger partial charge in [0.1, 0.15) is 0 Å². The summed E-state index contributed by atoms with van der Waals surface area (Å²) in [6, 6.07) is 0. The molecular formula is C12H21N3O2. The molecule has 0 radical (unpaired) electrons. The maximum Gasteiger partial charge on any atom is 0.227 e. The molecule has 2 rings (SSSR count). The van der Waals surface area contributed by atoms with Crippen LogP contribution in [0.15, 0.2) is 4.52 Å². The number of likely N-dealkylation sites (N-methyl/N-ethyl adjacent to an activating group) is 1. The van der Waals surface area contributed by atoms with Gasteiger partial charge >= 0.3 is 0 Å². The second kappa shape index (κ2) is 6.71. The van der Waals surface area contributed by atoms with E-state index >= 15 is 0 Å². The summed E-state index contributed by atoms with van der Waals surface area (Å²) < 4.78 is 10.9. The average molecular weight is 239 g/mol. The Morgan fingerprint density at radius 3 is 3.12 bits per heavy atom. The Labute approximate surface area is 102 Å². The first-order chi connectivity index (χ1) is 8.38. The van der Waals surface area contributed by atoms with E-state index in [-0.39, 0.29) is 6.10 Å². The molecule has 1 unspecified atom stereocenters. The van der Waals surface area contributed by atoms with Crippen LogP contribution in [0.3, 0.4) is 0 Å². The zero-order valence-electron chi connectivity index (χ0n) is 10.4. The van der Waals surface area contributed by atoms with Crippen molar-refractivity contribution >= 4 is 0 Å². The Bertz CT molecular complexity index is 321. The van der Waals surface area contributed by atoms with Crippen molar-refractivity contribution in [2.24, 2.45) is 0 Å². The quantitative estimate of drug-likeness (QED) is 0.759.